The molecule has 5 heteroatoms. The van der Waals surface area contributed by atoms with Crippen LogP contribution in [-0.4, -0.2) is 10.4 Å². The Kier molecular flexibility index (Phi) is 4.61. The fourth-order valence-electron chi connectivity index (χ4n) is 1.45. The third-order valence-corrected chi connectivity index (χ3v) is 3.31. The smallest absolute Gasteiger partial charge is 0.149 e. The van der Waals surface area contributed by atoms with Crippen molar-refractivity contribution in [2.24, 2.45) is 5.16 Å². The number of thiophene rings is 1. The lowest BCUT2D eigenvalue weighted by molar-refractivity contribution is 0.306. The third-order valence-electron chi connectivity index (χ3n) is 2.37. The molecule has 0 aliphatic rings. The van der Waals surface area contributed by atoms with Gasteiger partial charge in [0.25, 0.3) is 0 Å². The Morgan fingerprint density at radius 3 is 2.61 bits per heavy atom. The van der Waals surface area contributed by atoms with E-state index in [1.165, 1.54) is 5.56 Å². The summed E-state index contributed by atoms with van der Waals surface area (Å²) in [7, 11) is 0. The first-order valence-electron chi connectivity index (χ1n) is 5.37. The first-order valence-corrected chi connectivity index (χ1v) is 6.69. The molecule has 0 fully saturated rings. The predicted molar refractivity (Wildman–Crippen MR) is 73.9 cm³/mol. The lowest BCUT2D eigenvalue weighted by Gasteiger charge is -2.05. The van der Waals surface area contributed by atoms with Crippen molar-refractivity contribution in [2.75, 3.05) is 0 Å². The largest absolute Gasteiger partial charge is 0.489 e. The lowest BCUT2D eigenvalue weighted by Crippen LogP contribution is -1.96. The van der Waals surface area contributed by atoms with Gasteiger partial charge in [-0.15, -0.1) is 0 Å². The Labute approximate surface area is 114 Å². The van der Waals surface area contributed by atoms with Crippen LogP contribution in [0.1, 0.15) is 11.1 Å². The van der Waals surface area contributed by atoms with E-state index in [1.54, 1.807) is 11.3 Å². The first-order chi connectivity index (χ1) is 8.78. The molecule has 0 saturated heterocycles. The predicted octanol–water partition coefficient (Wildman–Crippen LogP) is 3.90. The van der Waals surface area contributed by atoms with Crippen LogP contribution in [0.15, 0.2) is 46.2 Å². The van der Waals surface area contributed by atoms with Gasteiger partial charge in [0.05, 0.1) is 0 Å². The second-order valence-corrected chi connectivity index (χ2v) is 4.93. The number of oxime groups is 1. The highest BCUT2D eigenvalue weighted by Crippen LogP contribution is 2.16. The molecule has 0 aliphatic heterocycles. The summed E-state index contributed by atoms with van der Waals surface area (Å²) < 4.78 is 5.63. The van der Waals surface area contributed by atoms with E-state index in [9.17, 15) is 0 Å². The van der Waals surface area contributed by atoms with Crippen LogP contribution in [0, 0.1) is 0 Å². The van der Waals surface area contributed by atoms with Crippen molar-refractivity contribution < 1.29 is 9.94 Å². The maximum Gasteiger partial charge on any atom is 0.149 e. The average molecular weight is 282 g/mol. The van der Waals surface area contributed by atoms with Crippen molar-refractivity contribution in [3.63, 3.8) is 0 Å². The first kappa shape index (κ1) is 12.9. The van der Waals surface area contributed by atoms with Crippen molar-refractivity contribution in [3.8, 4) is 5.75 Å². The molecular weight excluding hydrogens is 270 g/mol. The van der Waals surface area contributed by atoms with Gasteiger partial charge < -0.3 is 9.94 Å². The Morgan fingerprint density at radius 1 is 1.22 bits per heavy atom. The van der Waals surface area contributed by atoms with Crippen LogP contribution in [0.5, 0.6) is 5.75 Å². The molecule has 3 nitrogen and oxygen atoms in total. The lowest BCUT2D eigenvalue weighted by atomic mass is 10.1. The molecule has 1 aromatic heterocycles. The normalized spacial score (nSPS) is 11.5. The molecule has 0 bridgehead atoms. The van der Waals surface area contributed by atoms with E-state index in [0.717, 1.165) is 11.3 Å². The Morgan fingerprint density at radius 2 is 2.00 bits per heavy atom. The second kappa shape index (κ2) is 6.42. The van der Waals surface area contributed by atoms with E-state index >= 15 is 0 Å². The molecule has 2 aromatic rings. The fourth-order valence-corrected chi connectivity index (χ4v) is 2.26. The SMILES string of the molecule is O/N=C(\Cl)Cc1ccc(OCc2ccsc2)cc1. The summed E-state index contributed by atoms with van der Waals surface area (Å²) in [5.74, 6) is 0.807. The summed E-state index contributed by atoms with van der Waals surface area (Å²) in [4.78, 5) is 0. The minimum atomic E-state index is 0.168. The van der Waals surface area contributed by atoms with Crippen LogP contribution in [-0.2, 0) is 13.0 Å². The van der Waals surface area contributed by atoms with Gasteiger partial charge in [-0.05, 0) is 40.1 Å². The minimum Gasteiger partial charge on any atom is -0.489 e. The maximum absolute atomic E-state index is 8.47. The van der Waals surface area contributed by atoms with Gasteiger partial charge in [-0.1, -0.05) is 28.9 Å². The Hall–Kier alpha value is -1.52. The quantitative estimate of drug-likeness (QED) is 0.513. The Balaban J connectivity index is 1.91. The molecule has 2 rings (SSSR count). The highest BCUT2D eigenvalue weighted by molar-refractivity contribution is 7.07. The van der Waals surface area contributed by atoms with Gasteiger partial charge in [0.2, 0.25) is 0 Å². The van der Waals surface area contributed by atoms with Crippen molar-refractivity contribution >= 4 is 28.1 Å². The van der Waals surface area contributed by atoms with Gasteiger partial charge >= 0.3 is 0 Å². The summed E-state index contributed by atoms with van der Waals surface area (Å²) in [6.07, 6.45) is 0.420. The van der Waals surface area contributed by atoms with Crippen molar-refractivity contribution in [1.82, 2.24) is 0 Å². The van der Waals surface area contributed by atoms with Crippen LogP contribution in [0.4, 0.5) is 0 Å². The van der Waals surface area contributed by atoms with Crippen molar-refractivity contribution in [1.29, 1.82) is 0 Å². The van der Waals surface area contributed by atoms with Crippen molar-refractivity contribution in [2.45, 2.75) is 13.0 Å². The molecule has 0 unspecified atom stereocenters. The van der Waals surface area contributed by atoms with Crippen LogP contribution in [0.2, 0.25) is 0 Å². The van der Waals surface area contributed by atoms with Crippen molar-refractivity contribution in [3.05, 3.63) is 52.2 Å². The summed E-state index contributed by atoms with van der Waals surface area (Å²) in [6.45, 7) is 0.571. The highest BCUT2D eigenvalue weighted by atomic mass is 35.5. The number of hydrogen-bond acceptors (Lipinski definition) is 4. The van der Waals surface area contributed by atoms with Gasteiger partial charge in [0.1, 0.15) is 17.5 Å². The van der Waals surface area contributed by atoms with Crippen LogP contribution < -0.4 is 4.74 Å². The number of hydrogen-bond donors (Lipinski definition) is 1. The molecule has 0 spiro atoms. The molecule has 1 heterocycles. The Bertz CT molecular complexity index is 508. The minimum absolute atomic E-state index is 0.168. The van der Waals surface area contributed by atoms with Gasteiger partial charge in [-0.25, -0.2) is 0 Å². The summed E-state index contributed by atoms with van der Waals surface area (Å²) in [6, 6.07) is 9.59. The molecule has 1 aromatic carbocycles. The van der Waals surface area contributed by atoms with E-state index < -0.39 is 0 Å². The van der Waals surface area contributed by atoms with E-state index in [-0.39, 0.29) is 5.17 Å². The zero-order valence-electron chi connectivity index (χ0n) is 9.54. The second-order valence-electron chi connectivity index (χ2n) is 3.72. The number of halogens is 1. The monoisotopic (exact) mass is 281 g/mol. The molecule has 0 atom stereocenters. The summed E-state index contributed by atoms with van der Waals surface area (Å²) >= 11 is 7.29. The molecule has 0 aliphatic carbocycles. The zero-order valence-corrected chi connectivity index (χ0v) is 11.1. The highest BCUT2D eigenvalue weighted by Gasteiger charge is 2.00. The topological polar surface area (TPSA) is 41.8 Å². The van der Waals surface area contributed by atoms with E-state index in [2.05, 4.69) is 10.5 Å². The van der Waals surface area contributed by atoms with Gasteiger partial charge in [-0.3, -0.25) is 0 Å². The van der Waals surface area contributed by atoms with Gasteiger partial charge in [0.15, 0.2) is 0 Å². The van der Waals surface area contributed by atoms with Crippen LogP contribution in [0.25, 0.3) is 0 Å². The zero-order chi connectivity index (χ0) is 12.8. The van der Waals surface area contributed by atoms with E-state index in [0.29, 0.717) is 13.0 Å². The fraction of sp³-hybridized carbons (Fsp3) is 0.154. The molecular formula is C13H12ClNO2S. The maximum atomic E-state index is 8.47. The molecule has 0 amide bonds. The number of nitrogens with zero attached hydrogens (tertiary/aromatic N) is 1. The number of ether oxygens (including phenoxy) is 1. The number of rotatable bonds is 5. The number of benzene rings is 1. The third kappa shape index (κ3) is 3.75. The average Bonchev–Trinajstić information content (AvgIpc) is 2.91. The van der Waals surface area contributed by atoms with Crippen LogP contribution in [0.3, 0.4) is 0 Å². The molecule has 18 heavy (non-hydrogen) atoms. The standard InChI is InChI=1S/C13H12ClNO2S/c14-13(15-16)7-10-1-3-12(4-2-10)17-8-11-5-6-18-9-11/h1-6,9,16H,7-8H2/b15-13-. The van der Waals surface area contributed by atoms with Crippen LogP contribution >= 0.6 is 22.9 Å². The molecule has 1 N–H and O–H groups in total. The summed E-state index contributed by atoms with van der Waals surface area (Å²) in [5, 5.41) is 15.7. The van der Waals surface area contributed by atoms with Gasteiger partial charge in [-0.2, -0.15) is 11.3 Å². The van der Waals surface area contributed by atoms with E-state index in [4.69, 9.17) is 21.5 Å². The molecule has 0 saturated carbocycles. The van der Waals surface area contributed by atoms with E-state index in [1.807, 2.05) is 35.7 Å². The van der Waals surface area contributed by atoms with Gasteiger partial charge in [0, 0.05) is 6.42 Å². The molecule has 0 radical (unpaired) electrons. The summed E-state index contributed by atoms with van der Waals surface area (Å²) in [5.41, 5.74) is 2.14. The molecule has 94 valence electrons.